The number of carbonyl (C=O) groups is 4. The molecule has 0 bridgehead atoms. The number of Topliss-reactive ketones (excluding diaryl/α,β-unsaturated/α-hetero) is 1. The van der Waals surface area contributed by atoms with E-state index in [2.05, 4.69) is 5.32 Å². The fourth-order valence-electron chi connectivity index (χ4n) is 4.77. The first-order valence-corrected chi connectivity index (χ1v) is 14.0. The van der Waals surface area contributed by atoms with Crippen molar-refractivity contribution in [3.05, 3.63) is 65.0 Å². The molecule has 42 heavy (non-hydrogen) atoms. The number of hydrogen-bond acceptors (Lipinski definition) is 6. The Kier molecular flexibility index (Phi) is 11.7. The van der Waals surface area contributed by atoms with Gasteiger partial charge in [-0.2, -0.15) is 0 Å². The van der Waals surface area contributed by atoms with E-state index >= 15 is 0 Å². The van der Waals surface area contributed by atoms with Gasteiger partial charge in [-0.25, -0.2) is 9.18 Å². The number of aryl methyl sites for hydroxylation is 1. The number of aromatic hydroxyl groups is 1. The van der Waals surface area contributed by atoms with Gasteiger partial charge in [0.2, 0.25) is 11.8 Å². The highest BCUT2D eigenvalue weighted by molar-refractivity contribution is 5.94. The van der Waals surface area contributed by atoms with Crippen molar-refractivity contribution in [2.75, 3.05) is 14.1 Å². The highest BCUT2D eigenvalue weighted by Crippen LogP contribution is 2.22. The van der Waals surface area contributed by atoms with Crippen LogP contribution in [0.15, 0.2) is 42.5 Å². The first-order valence-electron chi connectivity index (χ1n) is 14.0. The zero-order valence-electron chi connectivity index (χ0n) is 26.0. The minimum absolute atomic E-state index is 0.0355. The van der Waals surface area contributed by atoms with Gasteiger partial charge in [-0.15, -0.1) is 0 Å². The van der Waals surface area contributed by atoms with E-state index in [1.807, 2.05) is 0 Å². The van der Waals surface area contributed by atoms with Crippen LogP contribution < -0.4 is 5.32 Å². The molecule has 0 aliphatic rings. The van der Waals surface area contributed by atoms with E-state index in [9.17, 15) is 28.7 Å². The molecule has 0 aromatic heterocycles. The summed E-state index contributed by atoms with van der Waals surface area (Å²) in [5.74, 6) is -1.85. The van der Waals surface area contributed by atoms with Crippen molar-refractivity contribution >= 4 is 23.7 Å². The molecule has 2 aromatic carbocycles. The molecule has 0 spiro atoms. The number of alkyl carbamates (subject to hydrolysis) is 1. The van der Waals surface area contributed by atoms with Crippen LogP contribution in [0, 0.1) is 18.7 Å². The number of phenols is 1. The summed E-state index contributed by atoms with van der Waals surface area (Å²) in [6.07, 6.45) is -0.538. The van der Waals surface area contributed by atoms with Crippen LogP contribution in [-0.4, -0.2) is 76.4 Å². The van der Waals surface area contributed by atoms with Gasteiger partial charge < -0.3 is 25.0 Å². The lowest BCUT2D eigenvalue weighted by Gasteiger charge is -2.37. The van der Waals surface area contributed by atoms with Crippen molar-refractivity contribution in [2.45, 2.75) is 85.0 Å². The van der Waals surface area contributed by atoms with E-state index in [0.717, 1.165) is 5.56 Å². The number of likely N-dealkylation sites (N-methyl/N-ethyl adjacent to an activating group) is 2. The van der Waals surface area contributed by atoms with Gasteiger partial charge in [0, 0.05) is 20.5 Å². The number of nitrogens with zero attached hydrogens (tertiary/aromatic N) is 2. The summed E-state index contributed by atoms with van der Waals surface area (Å²) in [6, 6.07) is 7.72. The summed E-state index contributed by atoms with van der Waals surface area (Å²) in [7, 11) is 3.02. The maximum atomic E-state index is 13.9. The van der Waals surface area contributed by atoms with Crippen LogP contribution in [0.25, 0.3) is 0 Å². The van der Waals surface area contributed by atoms with Gasteiger partial charge >= 0.3 is 6.09 Å². The zero-order valence-corrected chi connectivity index (χ0v) is 26.0. The Hall–Kier alpha value is -3.95. The van der Waals surface area contributed by atoms with Crippen LogP contribution in [0.4, 0.5) is 9.18 Å². The van der Waals surface area contributed by atoms with Gasteiger partial charge in [0.05, 0.1) is 6.04 Å². The molecule has 0 fully saturated rings. The van der Waals surface area contributed by atoms with Gasteiger partial charge in [0.25, 0.3) is 0 Å². The lowest BCUT2D eigenvalue weighted by atomic mass is 9.96. The van der Waals surface area contributed by atoms with Gasteiger partial charge in [-0.3, -0.25) is 14.4 Å². The SMILES string of the molecule is CC(=O)[C@H](Cc1ccc(O)c(C)c1)N(C)C(=O)[C@H](C(C)C)N(C)C(=O)[C@H](Cc1ccc(F)cc1)NC(=O)OC(C)(C)C. The van der Waals surface area contributed by atoms with Crippen LogP contribution in [0.1, 0.15) is 58.2 Å². The topological polar surface area (TPSA) is 116 Å². The standard InChI is InChI=1S/C32H44FN3O6/c1-19(2)28(30(40)35(8)26(21(4)37)18-23-12-15-27(38)20(3)16-23)36(9)29(39)25(34-31(41)42-32(5,6)7)17-22-10-13-24(33)14-11-22/h10-16,19,25-26,28,38H,17-18H2,1-9H3,(H,34,41)/t25-,26-,28-/m0/s1. The molecule has 0 radical (unpaired) electrons. The maximum Gasteiger partial charge on any atom is 0.408 e. The first-order chi connectivity index (χ1) is 19.4. The second kappa shape index (κ2) is 14.3. The number of carbonyl (C=O) groups excluding carboxylic acids is 4. The van der Waals surface area contributed by atoms with Gasteiger partial charge in [-0.05, 0) is 81.8 Å². The molecule has 0 saturated heterocycles. The maximum absolute atomic E-state index is 13.9. The molecule has 2 aromatic rings. The molecule has 9 nitrogen and oxygen atoms in total. The zero-order chi connectivity index (χ0) is 31.9. The lowest BCUT2D eigenvalue weighted by molar-refractivity contribution is -0.149. The van der Waals surface area contributed by atoms with E-state index in [1.54, 1.807) is 59.7 Å². The lowest BCUT2D eigenvalue weighted by Crippen LogP contribution is -2.58. The molecule has 0 aliphatic carbocycles. The predicted octanol–water partition coefficient (Wildman–Crippen LogP) is 4.42. The number of halogens is 1. The number of rotatable bonds is 11. The Morgan fingerprint density at radius 2 is 1.50 bits per heavy atom. The predicted molar refractivity (Wildman–Crippen MR) is 158 cm³/mol. The van der Waals surface area contributed by atoms with Crippen molar-refractivity contribution in [3.63, 3.8) is 0 Å². The number of nitrogens with one attached hydrogen (secondary N) is 1. The minimum atomic E-state index is -1.11. The normalized spacial score (nSPS) is 13.6. The van der Waals surface area contributed by atoms with Crippen molar-refractivity contribution in [2.24, 2.45) is 5.92 Å². The van der Waals surface area contributed by atoms with Gasteiger partial charge in [-0.1, -0.05) is 38.1 Å². The summed E-state index contributed by atoms with van der Waals surface area (Å²) in [5.41, 5.74) is 1.22. The van der Waals surface area contributed by atoms with Gasteiger partial charge in [0.15, 0.2) is 5.78 Å². The average Bonchev–Trinajstić information content (AvgIpc) is 2.87. The summed E-state index contributed by atoms with van der Waals surface area (Å²) in [5, 5.41) is 12.5. The summed E-state index contributed by atoms with van der Waals surface area (Å²) < 4.78 is 18.9. The van der Waals surface area contributed by atoms with E-state index < -0.39 is 47.5 Å². The van der Waals surface area contributed by atoms with E-state index in [0.29, 0.717) is 11.1 Å². The third kappa shape index (κ3) is 9.56. The molecule has 2 rings (SSSR count). The van der Waals surface area contributed by atoms with Crippen LogP contribution in [-0.2, 0) is 32.0 Å². The number of hydrogen-bond donors (Lipinski definition) is 2. The monoisotopic (exact) mass is 585 g/mol. The number of phenolic OH excluding ortho intramolecular Hbond substituents is 1. The van der Waals surface area contributed by atoms with Crippen LogP contribution >= 0.6 is 0 Å². The third-order valence-electron chi connectivity index (χ3n) is 6.97. The largest absolute Gasteiger partial charge is 0.508 e. The smallest absolute Gasteiger partial charge is 0.408 e. The van der Waals surface area contributed by atoms with E-state index in [4.69, 9.17) is 4.74 Å². The molecule has 0 aliphatic heterocycles. The second-order valence-corrected chi connectivity index (χ2v) is 12.1. The molecule has 3 atom stereocenters. The highest BCUT2D eigenvalue weighted by atomic mass is 19.1. The number of ether oxygens (including phenoxy) is 1. The number of ketones is 1. The van der Waals surface area contributed by atoms with E-state index in [-0.39, 0.29) is 30.3 Å². The highest BCUT2D eigenvalue weighted by Gasteiger charge is 2.38. The Bertz CT molecular complexity index is 1270. The quantitative estimate of drug-likeness (QED) is 0.404. The summed E-state index contributed by atoms with van der Waals surface area (Å²) in [6.45, 7) is 11.8. The molecule has 230 valence electrons. The van der Waals surface area contributed by atoms with Crippen molar-refractivity contribution in [1.82, 2.24) is 15.1 Å². The van der Waals surface area contributed by atoms with Crippen LogP contribution in [0.3, 0.4) is 0 Å². The van der Waals surface area contributed by atoms with Crippen LogP contribution in [0.2, 0.25) is 0 Å². The van der Waals surface area contributed by atoms with Crippen molar-refractivity contribution < 1.29 is 33.4 Å². The molecule has 3 amide bonds. The fourth-order valence-corrected chi connectivity index (χ4v) is 4.77. The summed E-state index contributed by atoms with van der Waals surface area (Å²) >= 11 is 0. The molecular formula is C32H44FN3O6. The molecule has 0 saturated carbocycles. The summed E-state index contributed by atoms with van der Waals surface area (Å²) in [4.78, 5) is 55.8. The fraction of sp³-hybridized carbons (Fsp3) is 0.500. The van der Waals surface area contributed by atoms with Crippen LogP contribution in [0.5, 0.6) is 5.75 Å². The second-order valence-electron chi connectivity index (χ2n) is 12.1. The molecule has 0 heterocycles. The number of amides is 3. The first kappa shape index (κ1) is 34.3. The van der Waals surface area contributed by atoms with Crippen molar-refractivity contribution in [1.29, 1.82) is 0 Å². The minimum Gasteiger partial charge on any atom is -0.508 e. The Balaban J connectivity index is 2.36. The number of benzene rings is 2. The van der Waals surface area contributed by atoms with Gasteiger partial charge in [0.1, 0.15) is 29.3 Å². The molecule has 0 unspecified atom stereocenters. The third-order valence-corrected chi connectivity index (χ3v) is 6.97. The molecular weight excluding hydrogens is 541 g/mol. The van der Waals surface area contributed by atoms with Crippen molar-refractivity contribution in [3.8, 4) is 5.75 Å². The molecule has 10 heteroatoms. The Labute approximate surface area is 248 Å². The Morgan fingerprint density at radius 1 is 0.929 bits per heavy atom. The molecule has 2 N–H and O–H groups in total. The average molecular weight is 586 g/mol. The van der Waals surface area contributed by atoms with E-state index in [1.165, 1.54) is 55.1 Å². The Morgan fingerprint density at radius 3 is 2.00 bits per heavy atom.